The highest BCUT2D eigenvalue weighted by molar-refractivity contribution is 7.99. The van der Waals surface area contributed by atoms with Crippen molar-refractivity contribution in [3.8, 4) is 0 Å². The van der Waals surface area contributed by atoms with Crippen LogP contribution >= 0.6 is 11.8 Å². The fourth-order valence-electron chi connectivity index (χ4n) is 2.92. The average Bonchev–Trinajstić information content (AvgIpc) is 2.57. The van der Waals surface area contributed by atoms with Crippen molar-refractivity contribution in [1.82, 2.24) is 19.6 Å². The maximum absolute atomic E-state index is 12.7. The van der Waals surface area contributed by atoms with E-state index >= 15 is 0 Å². The minimum Gasteiger partial charge on any atom is -0.368 e. The predicted octanol–water partition coefficient (Wildman–Crippen LogP) is 0.738. The van der Waals surface area contributed by atoms with Crippen molar-refractivity contribution >= 4 is 27.7 Å². The van der Waals surface area contributed by atoms with E-state index in [1.807, 2.05) is 12.3 Å². The Morgan fingerprint density at radius 1 is 1.42 bits per heavy atom. The zero-order valence-corrected chi connectivity index (χ0v) is 15.8. The standard InChI is InChI=1S/C15H27N5O2S2/c1-23-11-12-24(21,22)20(14-5-7-17-8-6-14)10-2-3-13-4-9-18-15(16)19-13/h4,9,14,17H,2-3,5-8,10-12H2,1H3,(H2,16,18,19). The largest absolute Gasteiger partial charge is 0.368 e. The molecule has 1 aromatic heterocycles. The van der Waals surface area contributed by atoms with Crippen molar-refractivity contribution in [3.63, 3.8) is 0 Å². The summed E-state index contributed by atoms with van der Waals surface area (Å²) in [6, 6.07) is 1.93. The smallest absolute Gasteiger partial charge is 0.220 e. The number of nitrogens with zero attached hydrogens (tertiary/aromatic N) is 3. The van der Waals surface area contributed by atoms with Gasteiger partial charge < -0.3 is 11.1 Å². The van der Waals surface area contributed by atoms with Crippen LogP contribution in [0.4, 0.5) is 5.95 Å². The van der Waals surface area contributed by atoms with Gasteiger partial charge in [-0.25, -0.2) is 18.4 Å². The van der Waals surface area contributed by atoms with E-state index < -0.39 is 10.0 Å². The molecule has 2 heterocycles. The monoisotopic (exact) mass is 373 g/mol. The maximum atomic E-state index is 12.7. The number of nitrogen functional groups attached to an aromatic ring is 1. The summed E-state index contributed by atoms with van der Waals surface area (Å²) in [5.74, 6) is 1.10. The Balaban J connectivity index is 1.99. The van der Waals surface area contributed by atoms with Gasteiger partial charge in [-0.2, -0.15) is 16.1 Å². The SMILES string of the molecule is CSCCS(=O)(=O)N(CCCc1ccnc(N)n1)C1CCNCC1. The Morgan fingerprint density at radius 3 is 2.83 bits per heavy atom. The number of sulfonamides is 1. The number of aryl methyl sites for hydroxylation is 1. The van der Waals surface area contributed by atoms with Crippen LogP contribution in [-0.4, -0.2) is 66.1 Å². The molecule has 3 N–H and O–H groups in total. The van der Waals surface area contributed by atoms with Gasteiger partial charge in [-0.05, 0) is 51.1 Å². The molecule has 9 heteroatoms. The third kappa shape index (κ3) is 5.87. The minimum atomic E-state index is -3.22. The minimum absolute atomic E-state index is 0.105. The third-order valence-electron chi connectivity index (χ3n) is 4.16. The Morgan fingerprint density at radius 2 is 2.17 bits per heavy atom. The van der Waals surface area contributed by atoms with Gasteiger partial charge in [0.05, 0.1) is 5.75 Å². The quantitative estimate of drug-likeness (QED) is 0.658. The van der Waals surface area contributed by atoms with Crippen molar-refractivity contribution in [1.29, 1.82) is 0 Å². The number of hydrogen-bond donors (Lipinski definition) is 2. The molecule has 0 spiro atoms. The molecule has 1 aliphatic heterocycles. The first-order chi connectivity index (χ1) is 11.5. The van der Waals surface area contributed by atoms with E-state index in [0.29, 0.717) is 18.7 Å². The molecule has 0 amide bonds. The van der Waals surface area contributed by atoms with Crippen LogP contribution in [0.15, 0.2) is 12.3 Å². The lowest BCUT2D eigenvalue weighted by Crippen LogP contribution is -2.47. The first-order valence-electron chi connectivity index (χ1n) is 8.29. The fourth-order valence-corrected chi connectivity index (χ4v) is 5.73. The van der Waals surface area contributed by atoms with Crippen LogP contribution in [0.25, 0.3) is 0 Å². The highest BCUT2D eigenvalue weighted by Gasteiger charge is 2.30. The van der Waals surface area contributed by atoms with Crippen LogP contribution in [0.1, 0.15) is 25.0 Å². The number of thioether (sulfide) groups is 1. The zero-order chi connectivity index (χ0) is 17.4. The summed E-state index contributed by atoms with van der Waals surface area (Å²) in [5, 5.41) is 3.30. The van der Waals surface area contributed by atoms with Crippen molar-refractivity contribution in [2.45, 2.75) is 31.7 Å². The lowest BCUT2D eigenvalue weighted by molar-refractivity contribution is 0.260. The van der Waals surface area contributed by atoms with Crippen molar-refractivity contribution in [2.75, 3.05) is 43.1 Å². The molecular weight excluding hydrogens is 346 g/mol. The maximum Gasteiger partial charge on any atom is 0.220 e. The second-order valence-corrected chi connectivity index (χ2v) is 8.94. The molecule has 0 bridgehead atoms. The Hall–Kier alpha value is -0.900. The number of nitrogens with one attached hydrogen (secondary N) is 1. The number of anilines is 1. The van der Waals surface area contributed by atoms with Gasteiger partial charge >= 0.3 is 0 Å². The second-order valence-electron chi connectivity index (χ2n) is 5.91. The molecule has 136 valence electrons. The van der Waals surface area contributed by atoms with E-state index in [1.54, 1.807) is 22.3 Å². The van der Waals surface area contributed by atoms with Gasteiger partial charge in [-0.1, -0.05) is 0 Å². The van der Waals surface area contributed by atoms with Gasteiger partial charge in [0.15, 0.2) is 0 Å². The number of piperidine rings is 1. The van der Waals surface area contributed by atoms with E-state index in [2.05, 4.69) is 15.3 Å². The molecule has 1 aromatic rings. The molecule has 2 rings (SSSR count). The summed E-state index contributed by atoms with van der Waals surface area (Å²) in [7, 11) is -3.22. The number of rotatable bonds is 9. The normalized spacial score (nSPS) is 16.6. The fraction of sp³-hybridized carbons (Fsp3) is 0.733. The van der Waals surface area contributed by atoms with Gasteiger partial charge in [-0.3, -0.25) is 0 Å². The van der Waals surface area contributed by atoms with Crippen molar-refractivity contribution in [2.24, 2.45) is 0 Å². The molecule has 0 aromatic carbocycles. The van der Waals surface area contributed by atoms with Crippen LogP contribution in [0.3, 0.4) is 0 Å². The van der Waals surface area contributed by atoms with Gasteiger partial charge in [0.25, 0.3) is 0 Å². The first-order valence-corrected chi connectivity index (χ1v) is 11.3. The Labute approximate surface area is 148 Å². The van der Waals surface area contributed by atoms with E-state index in [0.717, 1.165) is 38.0 Å². The van der Waals surface area contributed by atoms with Gasteiger partial charge in [0, 0.05) is 30.2 Å². The molecule has 0 aliphatic carbocycles. The Kier molecular flexibility index (Phi) is 7.73. The molecule has 7 nitrogen and oxygen atoms in total. The Bertz CT molecular complexity index is 606. The number of nitrogens with two attached hydrogens (primary N) is 1. The van der Waals surface area contributed by atoms with Crippen LogP contribution in [0.5, 0.6) is 0 Å². The zero-order valence-electron chi connectivity index (χ0n) is 14.1. The summed E-state index contributed by atoms with van der Waals surface area (Å²) < 4.78 is 27.2. The molecule has 0 atom stereocenters. The van der Waals surface area contributed by atoms with Crippen molar-refractivity contribution < 1.29 is 8.42 Å². The summed E-state index contributed by atoms with van der Waals surface area (Å²) in [4.78, 5) is 8.06. The molecular formula is C15H27N5O2S2. The van der Waals surface area contributed by atoms with E-state index in [9.17, 15) is 8.42 Å². The van der Waals surface area contributed by atoms with Gasteiger partial charge in [-0.15, -0.1) is 0 Å². The highest BCUT2D eigenvalue weighted by Crippen LogP contribution is 2.18. The van der Waals surface area contributed by atoms with Crippen LogP contribution in [0.2, 0.25) is 0 Å². The van der Waals surface area contributed by atoms with Gasteiger partial charge in [0.1, 0.15) is 0 Å². The molecule has 0 radical (unpaired) electrons. The van der Waals surface area contributed by atoms with E-state index in [1.165, 1.54) is 0 Å². The molecule has 1 aliphatic rings. The molecule has 0 saturated carbocycles. The second kappa shape index (κ2) is 9.55. The molecule has 24 heavy (non-hydrogen) atoms. The van der Waals surface area contributed by atoms with E-state index in [4.69, 9.17) is 5.73 Å². The van der Waals surface area contributed by atoms with Crippen molar-refractivity contribution in [3.05, 3.63) is 18.0 Å². The lowest BCUT2D eigenvalue weighted by Gasteiger charge is -2.33. The molecule has 0 unspecified atom stereocenters. The molecule has 1 saturated heterocycles. The predicted molar refractivity (Wildman–Crippen MR) is 99.5 cm³/mol. The van der Waals surface area contributed by atoms with Crippen LogP contribution in [-0.2, 0) is 16.4 Å². The summed E-state index contributed by atoms with van der Waals surface area (Å²) in [6.07, 6.45) is 6.75. The number of hydrogen-bond acceptors (Lipinski definition) is 7. The highest BCUT2D eigenvalue weighted by atomic mass is 32.2. The van der Waals surface area contributed by atoms with Crippen LogP contribution in [0, 0.1) is 0 Å². The third-order valence-corrected chi connectivity index (χ3v) is 6.95. The summed E-state index contributed by atoms with van der Waals surface area (Å²) in [5.41, 5.74) is 6.45. The number of aromatic nitrogens is 2. The van der Waals surface area contributed by atoms with E-state index in [-0.39, 0.29) is 17.7 Å². The average molecular weight is 374 g/mol. The van der Waals surface area contributed by atoms with Gasteiger partial charge in [0.2, 0.25) is 16.0 Å². The first kappa shape index (κ1) is 19.4. The summed E-state index contributed by atoms with van der Waals surface area (Å²) in [6.45, 7) is 2.29. The summed E-state index contributed by atoms with van der Waals surface area (Å²) >= 11 is 1.57. The van der Waals surface area contributed by atoms with Crippen LogP contribution < -0.4 is 11.1 Å². The lowest BCUT2D eigenvalue weighted by atomic mass is 10.1. The topological polar surface area (TPSA) is 101 Å². The molecule has 1 fully saturated rings.